The quantitative estimate of drug-likeness (QED) is 0.629. The van der Waals surface area contributed by atoms with E-state index in [1.54, 1.807) is 0 Å². The molecule has 0 amide bonds. The predicted octanol–water partition coefficient (Wildman–Crippen LogP) is 1.54. The smallest absolute Gasteiger partial charge is 0.211 e. The zero-order valence-corrected chi connectivity index (χ0v) is 6.99. The van der Waals surface area contributed by atoms with E-state index in [2.05, 4.69) is 11.2 Å². The average Bonchev–Trinajstić information content (AvgIpc) is 2.85. The lowest BCUT2D eigenvalue weighted by Gasteiger charge is -2.13. The van der Waals surface area contributed by atoms with Gasteiger partial charge in [-0.05, 0) is 12.8 Å². The van der Waals surface area contributed by atoms with Gasteiger partial charge in [-0.1, -0.05) is 0 Å². The molecule has 64 valence electrons. The molecule has 1 aliphatic heterocycles. The van der Waals surface area contributed by atoms with Gasteiger partial charge in [-0.2, -0.15) is 5.10 Å². The van der Waals surface area contributed by atoms with Crippen molar-refractivity contribution in [2.75, 3.05) is 6.61 Å². The van der Waals surface area contributed by atoms with Crippen LogP contribution >= 0.6 is 0 Å². The fourth-order valence-electron chi connectivity index (χ4n) is 1.66. The van der Waals surface area contributed by atoms with Crippen LogP contribution in [0.3, 0.4) is 0 Å². The number of hydrogen-bond donors (Lipinski definition) is 0. The van der Waals surface area contributed by atoms with E-state index >= 15 is 0 Å². The number of aromatic nitrogens is 2. The summed E-state index contributed by atoms with van der Waals surface area (Å²) in [5.41, 5.74) is 1.24. The number of hydrogen-bond acceptors (Lipinski definition) is 2. The fourth-order valence-corrected chi connectivity index (χ4v) is 1.66. The van der Waals surface area contributed by atoms with E-state index in [1.165, 1.54) is 18.5 Å². The Morgan fingerprint density at radius 1 is 1.50 bits per heavy atom. The molecule has 3 heteroatoms. The lowest BCUT2D eigenvalue weighted by Crippen LogP contribution is -2.14. The number of fused-ring (bicyclic) bond motifs is 1. The van der Waals surface area contributed by atoms with Crippen molar-refractivity contribution in [2.45, 2.75) is 31.7 Å². The first-order valence-electron chi connectivity index (χ1n) is 4.64. The molecule has 3 rings (SSSR count). The van der Waals surface area contributed by atoms with Gasteiger partial charge in [-0.3, -0.25) is 0 Å². The Morgan fingerprint density at radius 3 is 3.17 bits per heavy atom. The molecule has 0 atom stereocenters. The second-order valence-electron chi connectivity index (χ2n) is 3.61. The Morgan fingerprint density at radius 2 is 2.42 bits per heavy atom. The number of aryl methyl sites for hydroxylation is 1. The fraction of sp³-hybridized carbons (Fsp3) is 0.667. The summed E-state index contributed by atoms with van der Waals surface area (Å²) in [5, 5.41) is 4.50. The van der Waals surface area contributed by atoms with Crippen molar-refractivity contribution in [3.05, 3.63) is 11.8 Å². The van der Waals surface area contributed by atoms with Gasteiger partial charge in [-0.15, -0.1) is 0 Å². The summed E-state index contributed by atoms with van der Waals surface area (Å²) in [6.07, 6.45) is 3.73. The molecule has 0 N–H and O–H groups in total. The molecule has 2 heterocycles. The highest BCUT2D eigenvalue weighted by atomic mass is 16.5. The Kier molecular flexibility index (Phi) is 1.22. The molecule has 1 aromatic heterocycles. The maximum absolute atomic E-state index is 5.48. The molecule has 1 aliphatic carbocycles. The minimum absolute atomic E-state index is 0.742. The normalized spacial score (nSPS) is 21.7. The zero-order valence-electron chi connectivity index (χ0n) is 6.99. The van der Waals surface area contributed by atoms with E-state index in [0.29, 0.717) is 0 Å². The molecule has 0 bridgehead atoms. The topological polar surface area (TPSA) is 27.1 Å². The minimum atomic E-state index is 0.742. The van der Waals surface area contributed by atoms with Crippen molar-refractivity contribution in [2.24, 2.45) is 0 Å². The number of ether oxygens (including phenoxy) is 1. The van der Waals surface area contributed by atoms with Crippen LogP contribution in [0.15, 0.2) is 6.07 Å². The first kappa shape index (κ1) is 6.52. The van der Waals surface area contributed by atoms with Crippen LogP contribution in [0.25, 0.3) is 0 Å². The van der Waals surface area contributed by atoms with Crippen LogP contribution in [-0.4, -0.2) is 16.4 Å². The monoisotopic (exact) mass is 164 g/mol. The van der Waals surface area contributed by atoms with Crippen LogP contribution < -0.4 is 4.74 Å². The van der Waals surface area contributed by atoms with Crippen molar-refractivity contribution >= 4 is 0 Å². The molecule has 0 radical (unpaired) electrons. The Bertz CT molecular complexity index is 278. The maximum atomic E-state index is 5.48. The van der Waals surface area contributed by atoms with Crippen molar-refractivity contribution in [3.63, 3.8) is 0 Å². The van der Waals surface area contributed by atoms with Crippen molar-refractivity contribution in [3.8, 4) is 5.88 Å². The molecule has 0 unspecified atom stereocenters. The summed E-state index contributed by atoms with van der Waals surface area (Å²) in [5.74, 6) is 1.72. The highest BCUT2D eigenvalue weighted by molar-refractivity contribution is 5.23. The SMILES string of the molecule is c1c(C2CC2)nn2c1OCCC2. The van der Waals surface area contributed by atoms with Crippen LogP contribution in [0, 0.1) is 0 Å². The summed E-state index contributed by atoms with van der Waals surface area (Å²) in [6.45, 7) is 1.89. The number of rotatable bonds is 1. The third-order valence-corrected chi connectivity index (χ3v) is 2.52. The van der Waals surface area contributed by atoms with Crippen LogP contribution in [0.5, 0.6) is 5.88 Å². The van der Waals surface area contributed by atoms with E-state index < -0.39 is 0 Å². The van der Waals surface area contributed by atoms with Crippen molar-refractivity contribution in [1.29, 1.82) is 0 Å². The van der Waals surface area contributed by atoms with E-state index in [4.69, 9.17) is 4.74 Å². The van der Waals surface area contributed by atoms with E-state index in [0.717, 1.165) is 31.4 Å². The molecular weight excluding hydrogens is 152 g/mol. The zero-order chi connectivity index (χ0) is 7.97. The summed E-state index contributed by atoms with van der Waals surface area (Å²) >= 11 is 0. The Hall–Kier alpha value is -0.990. The lowest BCUT2D eigenvalue weighted by molar-refractivity contribution is 0.230. The van der Waals surface area contributed by atoms with E-state index in [9.17, 15) is 0 Å². The van der Waals surface area contributed by atoms with Gasteiger partial charge < -0.3 is 4.74 Å². The first-order valence-corrected chi connectivity index (χ1v) is 4.64. The first-order chi connectivity index (χ1) is 5.93. The lowest BCUT2D eigenvalue weighted by atomic mass is 10.3. The summed E-state index contributed by atoms with van der Waals surface area (Å²) in [7, 11) is 0. The highest BCUT2D eigenvalue weighted by Crippen LogP contribution is 2.40. The van der Waals surface area contributed by atoms with Crippen molar-refractivity contribution < 1.29 is 4.74 Å². The Labute approximate surface area is 71.3 Å². The van der Waals surface area contributed by atoms with E-state index in [-0.39, 0.29) is 0 Å². The summed E-state index contributed by atoms with van der Waals surface area (Å²) in [6, 6.07) is 2.11. The van der Waals surface area contributed by atoms with Gasteiger partial charge in [0.15, 0.2) is 0 Å². The van der Waals surface area contributed by atoms with Gasteiger partial charge in [0.05, 0.1) is 12.3 Å². The van der Waals surface area contributed by atoms with Gasteiger partial charge in [0, 0.05) is 24.9 Å². The Balaban J connectivity index is 1.97. The molecule has 1 saturated carbocycles. The van der Waals surface area contributed by atoms with Crippen molar-refractivity contribution in [1.82, 2.24) is 9.78 Å². The van der Waals surface area contributed by atoms with Gasteiger partial charge in [0.25, 0.3) is 0 Å². The third-order valence-electron chi connectivity index (χ3n) is 2.52. The summed E-state index contributed by atoms with van der Waals surface area (Å²) < 4.78 is 7.48. The highest BCUT2D eigenvalue weighted by Gasteiger charge is 2.28. The maximum Gasteiger partial charge on any atom is 0.211 e. The minimum Gasteiger partial charge on any atom is -0.478 e. The number of nitrogens with zero attached hydrogens (tertiary/aromatic N) is 2. The van der Waals surface area contributed by atoms with Crippen LogP contribution in [-0.2, 0) is 6.54 Å². The van der Waals surface area contributed by atoms with Gasteiger partial charge in [0.1, 0.15) is 0 Å². The van der Waals surface area contributed by atoms with Gasteiger partial charge in [0.2, 0.25) is 5.88 Å². The summed E-state index contributed by atoms with van der Waals surface area (Å²) in [4.78, 5) is 0. The van der Waals surface area contributed by atoms with Gasteiger partial charge >= 0.3 is 0 Å². The second-order valence-corrected chi connectivity index (χ2v) is 3.61. The molecule has 1 fully saturated rings. The predicted molar refractivity (Wildman–Crippen MR) is 44.3 cm³/mol. The third kappa shape index (κ3) is 0.924. The van der Waals surface area contributed by atoms with E-state index in [1.807, 2.05) is 4.68 Å². The largest absolute Gasteiger partial charge is 0.478 e. The molecule has 1 aromatic rings. The molecule has 0 spiro atoms. The standard InChI is InChI=1S/C9H12N2O/c1-4-11-9(12-5-1)6-8(10-11)7-2-3-7/h6-7H,1-5H2. The van der Waals surface area contributed by atoms with Crippen LogP contribution in [0.2, 0.25) is 0 Å². The molecule has 12 heavy (non-hydrogen) atoms. The molecule has 2 aliphatic rings. The second kappa shape index (κ2) is 2.25. The molecule has 0 saturated heterocycles. The molecule has 0 aromatic carbocycles. The van der Waals surface area contributed by atoms with Crippen LogP contribution in [0.1, 0.15) is 30.9 Å². The molecular formula is C9H12N2O. The van der Waals surface area contributed by atoms with Gasteiger partial charge in [-0.25, -0.2) is 4.68 Å². The molecule has 3 nitrogen and oxygen atoms in total. The van der Waals surface area contributed by atoms with Crippen LogP contribution in [0.4, 0.5) is 0 Å². The average molecular weight is 164 g/mol.